The maximum absolute atomic E-state index is 12.8. The summed E-state index contributed by atoms with van der Waals surface area (Å²) in [7, 11) is -3.88. The van der Waals surface area contributed by atoms with Crippen LogP contribution in [-0.2, 0) is 14.8 Å². The minimum Gasteiger partial charge on any atom is -0.325 e. The molecule has 2 aromatic carbocycles. The van der Waals surface area contributed by atoms with Gasteiger partial charge in [0.15, 0.2) is 0 Å². The van der Waals surface area contributed by atoms with Gasteiger partial charge in [-0.15, -0.1) is 0 Å². The molecule has 0 radical (unpaired) electrons. The molecule has 37 heavy (non-hydrogen) atoms. The molecule has 1 atom stereocenters. The van der Waals surface area contributed by atoms with Crippen molar-refractivity contribution in [1.29, 1.82) is 5.26 Å². The summed E-state index contributed by atoms with van der Waals surface area (Å²) in [5, 5.41) is 12.2. The van der Waals surface area contributed by atoms with Gasteiger partial charge in [-0.25, -0.2) is 28.1 Å². The summed E-state index contributed by atoms with van der Waals surface area (Å²) in [6.45, 7) is 3.71. The highest BCUT2D eigenvalue weighted by molar-refractivity contribution is 8.00. The Labute approximate surface area is 219 Å². The van der Waals surface area contributed by atoms with Crippen LogP contribution < -0.4 is 10.0 Å². The number of thioether (sulfide) groups is 1. The van der Waals surface area contributed by atoms with Crippen LogP contribution in [0.5, 0.6) is 0 Å². The lowest BCUT2D eigenvalue weighted by Gasteiger charge is -2.14. The molecule has 0 aliphatic heterocycles. The molecule has 2 aromatic heterocycles. The molecule has 2 heterocycles. The van der Waals surface area contributed by atoms with E-state index in [0.717, 1.165) is 11.1 Å². The molecule has 186 valence electrons. The number of anilines is 2. The lowest BCUT2D eigenvalue weighted by atomic mass is 10.1. The number of carbonyl (C=O) groups excluding carboxylic acids is 1. The third kappa shape index (κ3) is 6.49. The Balaban J connectivity index is 1.44. The van der Waals surface area contributed by atoms with Gasteiger partial charge in [-0.3, -0.25) is 4.79 Å². The number of benzene rings is 2. The van der Waals surface area contributed by atoms with E-state index in [1.165, 1.54) is 48.4 Å². The van der Waals surface area contributed by atoms with Crippen LogP contribution in [0.15, 0.2) is 89.0 Å². The molecular weight excluding hydrogens is 508 g/mol. The zero-order valence-electron chi connectivity index (χ0n) is 19.9. The van der Waals surface area contributed by atoms with E-state index in [-0.39, 0.29) is 16.8 Å². The van der Waals surface area contributed by atoms with Crippen LogP contribution in [0.25, 0.3) is 11.3 Å². The van der Waals surface area contributed by atoms with Crippen LogP contribution in [0.3, 0.4) is 0 Å². The maximum Gasteiger partial charge on any atom is 0.264 e. The first-order valence-corrected chi connectivity index (χ1v) is 13.5. The molecule has 1 amide bonds. The molecule has 4 aromatic rings. The van der Waals surface area contributed by atoms with Crippen LogP contribution in [-0.4, -0.2) is 34.5 Å². The number of rotatable bonds is 8. The molecular formula is C26H22N6O3S2. The SMILES string of the molecule is Cc1ccc(-c2ccc(C#N)c(SC(C)C(=O)Nc3ccc(S(=O)(=O)Nc4ncccn4)cc3)n2)cc1. The lowest BCUT2D eigenvalue weighted by Crippen LogP contribution is -2.22. The second kappa shape index (κ2) is 11.2. The topological polar surface area (TPSA) is 138 Å². The van der Waals surface area contributed by atoms with Gasteiger partial charge < -0.3 is 5.32 Å². The summed E-state index contributed by atoms with van der Waals surface area (Å²) < 4.78 is 27.4. The van der Waals surface area contributed by atoms with Gasteiger partial charge in [0, 0.05) is 23.6 Å². The number of aryl methyl sites for hydroxylation is 1. The van der Waals surface area contributed by atoms with Crippen molar-refractivity contribution < 1.29 is 13.2 Å². The summed E-state index contributed by atoms with van der Waals surface area (Å²) in [5.41, 5.74) is 3.56. The van der Waals surface area contributed by atoms with E-state index in [9.17, 15) is 18.5 Å². The van der Waals surface area contributed by atoms with E-state index >= 15 is 0 Å². The fourth-order valence-electron chi connectivity index (χ4n) is 3.21. The second-order valence-corrected chi connectivity index (χ2v) is 11.0. The van der Waals surface area contributed by atoms with Gasteiger partial charge in [-0.05, 0) is 56.3 Å². The van der Waals surface area contributed by atoms with Crippen LogP contribution >= 0.6 is 11.8 Å². The lowest BCUT2D eigenvalue weighted by molar-refractivity contribution is -0.115. The molecule has 9 nitrogen and oxygen atoms in total. The minimum absolute atomic E-state index is 0.00356. The quantitative estimate of drug-likeness (QED) is 0.314. The molecule has 0 saturated carbocycles. The fourth-order valence-corrected chi connectivity index (χ4v) is 5.06. The van der Waals surface area contributed by atoms with E-state index in [1.807, 2.05) is 31.2 Å². The number of carbonyl (C=O) groups is 1. The molecule has 1 unspecified atom stereocenters. The van der Waals surface area contributed by atoms with Crippen LogP contribution in [0.4, 0.5) is 11.6 Å². The molecule has 11 heteroatoms. The number of pyridine rings is 1. The number of aromatic nitrogens is 3. The highest BCUT2D eigenvalue weighted by atomic mass is 32.2. The highest BCUT2D eigenvalue weighted by Gasteiger charge is 2.20. The van der Waals surface area contributed by atoms with Crippen LogP contribution in [0.2, 0.25) is 0 Å². The summed E-state index contributed by atoms with van der Waals surface area (Å²) >= 11 is 1.18. The predicted octanol–water partition coefficient (Wildman–Crippen LogP) is 4.64. The standard InChI is InChI=1S/C26H22N6O3S2/c1-17-4-6-19(7-5-17)23-13-8-20(16-27)25(31-23)36-18(2)24(33)30-21-9-11-22(12-10-21)37(34,35)32-26-28-14-3-15-29-26/h3-15,18H,1-2H3,(H,30,33)(H,28,29,32). The molecule has 0 bridgehead atoms. The Kier molecular flexibility index (Phi) is 7.81. The maximum atomic E-state index is 12.8. The Bertz CT molecular complexity index is 1550. The summed E-state index contributed by atoms with van der Waals surface area (Å²) in [4.78, 5) is 25.2. The van der Waals surface area contributed by atoms with E-state index in [2.05, 4.69) is 31.1 Å². The van der Waals surface area contributed by atoms with Crippen LogP contribution in [0, 0.1) is 18.3 Å². The third-order valence-corrected chi connectivity index (χ3v) is 7.66. The second-order valence-electron chi connectivity index (χ2n) is 7.98. The molecule has 0 aliphatic carbocycles. The van der Waals surface area contributed by atoms with Crippen molar-refractivity contribution >= 4 is 39.3 Å². The van der Waals surface area contributed by atoms with Crippen LogP contribution in [0.1, 0.15) is 18.1 Å². The smallest absolute Gasteiger partial charge is 0.264 e. The Hall–Kier alpha value is -4.27. The van der Waals surface area contributed by atoms with Gasteiger partial charge in [-0.1, -0.05) is 41.6 Å². The summed E-state index contributed by atoms with van der Waals surface area (Å²) in [6.07, 6.45) is 2.85. The molecule has 0 aliphatic rings. The number of nitriles is 1. The van der Waals surface area contributed by atoms with Gasteiger partial charge in [0.05, 0.1) is 21.4 Å². The van der Waals surface area contributed by atoms with Crippen molar-refractivity contribution in [1.82, 2.24) is 15.0 Å². The summed E-state index contributed by atoms with van der Waals surface area (Å²) in [5.74, 6) is -0.356. The van der Waals surface area contributed by atoms with Gasteiger partial charge in [-0.2, -0.15) is 5.26 Å². The van der Waals surface area contributed by atoms with Crippen molar-refractivity contribution in [2.45, 2.75) is 29.0 Å². The zero-order chi connectivity index (χ0) is 26.4. The van der Waals surface area contributed by atoms with E-state index in [1.54, 1.807) is 25.1 Å². The predicted molar refractivity (Wildman–Crippen MR) is 142 cm³/mol. The van der Waals surface area contributed by atoms with Crippen molar-refractivity contribution in [3.05, 3.63) is 90.3 Å². The van der Waals surface area contributed by atoms with Gasteiger partial charge >= 0.3 is 0 Å². The van der Waals surface area contributed by atoms with Crippen molar-refractivity contribution in [2.75, 3.05) is 10.0 Å². The Morgan fingerprint density at radius 3 is 2.32 bits per heavy atom. The zero-order valence-corrected chi connectivity index (χ0v) is 21.5. The molecule has 4 rings (SSSR count). The number of nitrogens with zero attached hydrogens (tertiary/aromatic N) is 4. The van der Waals surface area contributed by atoms with Crippen molar-refractivity contribution in [3.63, 3.8) is 0 Å². The largest absolute Gasteiger partial charge is 0.325 e. The highest BCUT2D eigenvalue weighted by Crippen LogP contribution is 2.29. The number of hydrogen-bond acceptors (Lipinski definition) is 8. The molecule has 2 N–H and O–H groups in total. The van der Waals surface area contributed by atoms with E-state index in [0.29, 0.717) is 22.0 Å². The number of nitrogens with one attached hydrogen (secondary N) is 2. The van der Waals surface area contributed by atoms with Crippen molar-refractivity contribution in [3.8, 4) is 17.3 Å². The van der Waals surface area contributed by atoms with Crippen molar-refractivity contribution in [2.24, 2.45) is 0 Å². The van der Waals surface area contributed by atoms with E-state index < -0.39 is 15.3 Å². The average molecular weight is 531 g/mol. The van der Waals surface area contributed by atoms with Gasteiger partial charge in [0.25, 0.3) is 10.0 Å². The summed E-state index contributed by atoms with van der Waals surface area (Å²) in [6, 6.07) is 20.8. The average Bonchev–Trinajstić information content (AvgIpc) is 2.89. The normalized spacial score (nSPS) is 11.8. The van der Waals surface area contributed by atoms with E-state index in [4.69, 9.17) is 0 Å². The Morgan fingerprint density at radius 1 is 1.00 bits per heavy atom. The number of sulfonamides is 1. The van der Waals surface area contributed by atoms with Gasteiger partial charge in [0.1, 0.15) is 11.1 Å². The first-order chi connectivity index (χ1) is 17.7. The first-order valence-electron chi connectivity index (χ1n) is 11.1. The minimum atomic E-state index is -3.88. The van der Waals surface area contributed by atoms with Gasteiger partial charge in [0.2, 0.25) is 11.9 Å². The number of hydrogen-bond donors (Lipinski definition) is 2. The fraction of sp³-hybridized carbons (Fsp3) is 0.115. The number of amides is 1. The molecule has 0 spiro atoms. The first kappa shape index (κ1) is 25.8. The monoisotopic (exact) mass is 530 g/mol. The molecule has 0 fully saturated rings. The molecule has 0 saturated heterocycles. The Morgan fingerprint density at radius 2 is 1.68 bits per heavy atom. The third-order valence-electron chi connectivity index (χ3n) is 5.21.